The van der Waals surface area contributed by atoms with Crippen molar-refractivity contribution < 1.29 is 4.79 Å². The van der Waals surface area contributed by atoms with Gasteiger partial charge in [-0.05, 0) is 36.8 Å². The minimum Gasteiger partial charge on any atom is -0.370 e. The van der Waals surface area contributed by atoms with Crippen LogP contribution in [0.25, 0.3) is 0 Å². The van der Waals surface area contributed by atoms with Crippen LogP contribution in [0, 0.1) is 0 Å². The van der Waals surface area contributed by atoms with Crippen molar-refractivity contribution in [1.29, 1.82) is 0 Å². The third-order valence-electron chi connectivity index (χ3n) is 2.73. The lowest BCUT2D eigenvalue weighted by atomic mass is 10.2. The van der Waals surface area contributed by atoms with Gasteiger partial charge in [-0.1, -0.05) is 23.7 Å². The summed E-state index contributed by atoms with van der Waals surface area (Å²) < 4.78 is 0. The van der Waals surface area contributed by atoms with Gasteiger partial charge < -0.3 is 10.6 Å². The van der Waals surface area contributed by atoms with E-state index in [1.54, 1.807) is 24.4 Å². The van der Waals surface area contributed by atoms with E-state index < -0.39 is 0 Å². The Hall–Kier alpha value is -2.07. The van der Waals surface area contributed by atoms with Gasteiger partial charge in [-0.25, -0.2) is 4.98 Å². The van der Waals surface area contributed by atoms with E-state index in [0.717, 1.165) is 17.9 Å². The van der Waals surface area contributed by atoms with Crippen molar-refractivity contribution in [3.8, 4) is 0 Å². The number of pyridine rings is 1. The third kappa shape index (κ3) is 3.96. The predicted molar refractivity (Wildman–Crippen MR) is 81.0 cm³/mol. The zero-order valence-corrected chi connectivity index (χ0v) is 11.9. The molecular weight excluding hydrogens is 274 g/mol. The molecule has 20 heavy (non-hydrogen) atoms. The number of rotatable bonds is 5. The van der Waals surface area contributed by atoms with Crippen molar-refractivity contribution >= 4 is 23.3 Å². The summed E-state index contributed by atoms with van der Waals surface area (Å²) in [6.45, 7) is 3.23. The van der Waals surface area contributed by atoms with Crippen LogP contribution in [0.2, 0.25) is 5.02 Å². The summed E-state index contributed by atoms with van der Waals surface area (Å²) in [6.07, 6.45) is 1.56. The first kappa shape index (κ1) is 14.3. The summed E-state index contributed by atoms with van der Waals surface area (Å²) in [5, 5.41) is 6.58. The standard InChI is InChI=1S/C15H16ClN3O/c1-2-17-14-7-6-12(10-18-14)15(20)19-9-11-4-3-5-13(16)8-11/h3-8,10H,2,9H2,1H3,(H,17,18)(H,19,20). The molecule has 0 unspecified atom stereocenters. The summed E-state index contributed by atoms with van der Waals surface area (Å²) in [5.74, 6) is 0.611. The number of nitrogens with zero attached hydrogens (tertiary/aromatic N) is 1. The predicted octanol–water partition coefficient (Wildman–Crippen LogP) is 3.10. The van der Waals surface area contributed by atoms with Crippen LogP contribution in [0.1, 0.15) is 22.8 Å². The minimum absolute atomic E-state index is 0.152. The molecule has 0 atom stereocenters. The van der Waals surface area contributed by atoms with Crippen LogP contribution in [0.4, 0.5) is 5.82 Å². The van der Waals surface area contributed by atoms with Crippen molar-refractivity contribution in [2.75, 3.05) is 11.9 Å². The highest BCUT2D eigenvalue weighted by molar-refractivity contribution is 6.30. The molecule has 0 saturated heterocycles. The molecule has 1 amide bonds. The molecule has 0 radical (unpaired) electrons. The van der Waals surface area contributed by atoms with E-state index in [1.807, 2.05) is 25.1 Å². The fourth-order valence-electron chi connectivity index (χ4n) is 1.75. The average Bonchev–Trinajstić information content (AvgIpc) is 2.46. The Balaban J connectivity index is 1.94. The Morgan fingerprint density at radius 2 is 2.15 bits per heavy atom. The number of carbonyl (C=O) groups is 1. The highest BCUT2D eigenvalue weighted by atomic mass is 35.5. The molecule has 1 aromatic carbocycles. The molecule has 0 spiro atoms. The molecule has 0 fully saturated rings. The number of hydrogen-bond donors (Lipinski definition) is 2. The Labute approximate surface area is 123 Å². The summed E-state index contributed by atoms with van der Waals surface area (Å²) in [5.41, 5.74) is 1.50. The van der Waals surface area contributed by atoms with E-state index in [2.05, 4.69) is 15.6 Å². The first-order chi connectivity index (χ1) is 9.69. The maximum atomic E-state index is 12.0. The van der Waals surface area contributed by atoms with Gasteiger partial charge in [-0.2, -0.15) is 0 Å². The van der Waals surface area contributed by atoms with Crippen molar-refractivity contribution in [2.24, 2.45) is 0 Å². The summed E-state index contributed by atoms with van der Waals surface area (Å²) in [4.78, 5) is 16.1. The maximum Gasteiger partial charge on any atom is 0.253 e. The fourth-order valence-corrected chi connectivity index (χ4v) is 1.96. The number of nitrogens with one attached hydrogen (secondary N) is 2. The van der Waals surface area contributed by atoms with Gasteiger partial charge in [0.05, 0.1) is 5.56 Å². The Morgan fingerprint density at radius 1 is 1.30 bits per heavy atom. The van der Waals surface area contributed by atoms with Crippen molar-refractivity contribution in [2.45, 2.75) is 13.5 Å². The summed E-state index contributed by atoms with van der Waals surface area (Å²) in [6, 6.07) is 10.9. The normalized spacial score (nSPS) is 10.1. The number of benzene rings is 1. The minimum atomic E-state index is -0.152. The van der Waals surface area contributed by atoms with Crippen LogP contribution >= 0.6 is 11.6 Å². The fraction of sp³-hybridized carbons (Fsp3) is 0.200. The number of anilines is 1. The molecular formula is C15H16ClN3O. The molecule has 0 aliphatic rings. The van der Waals surface area contributed by atoms with E-state index in [-0.39, 0.29) is 5.91 Å². The van der Waals surface area contributed by atoms with Crippen molar-refractivity contribution in [1.82, 2.24) is 10.3 Å². The monoisotopic (exact) mass is 289 g/mol. The van der Waals surface area contributed by atoms with E-state index in [1.165, 1.54) is 0 Å². The highest BCUT2D eigenvalue weighted by Crippen LogP contribution is 2.10. The topological polar surface area (TPSA) is 54.0 Å². The molecule has 1 aromatic heterocycles. The zero-order valence-electron chi connectivity index (χ0n) is 11.2. The van der Waals surface area contributed by atoms with Gasteiger partial charge >= 0.3 is 0 Å². The van der Waals surface area contributed by atoms with E-state index in [0.29, 0.717) is 17.1 Å². The Morgan fingerprint density at radius 3 is 2.80 bits per heavy atom. The van der Waals surface area contributed by atoms with Gasteiger partial charge in [-0.15, -0.1) is 0 Å². The van der Waals surface area contributed by atoms with E-state index in [4.69, 9.17) is 11.6 Å². The van der Waals surface area contributed by atoms with Crippen LogP contribution in [0.15, 0.2) is 42.6 Å². The number of aromatic nitrogens is 1. The van der Waals surface area contributed by atoms with Gasteiger partial charge in [0, 0.05) is 24.3 Å². The Kier molecular flexibility index (Phi) is 4.96. The molecule has 104 valence electrons. The van der Waals surface area contributed by atoms with E-state index >= 15 is 0 Å². The smallest absolute Gasteiger partial charge is 0.253 e. The van der Waals surface area contributed by atoms with Gasteiger partial charge in [0.2, 0.25) is 0 Å². The summed E-state index contributed by atoms with van der Waals surface area (Å²) >= 11 is 5.89. The molecule has 1 heterocycles. The Bertz CT molecular complexity index is 584. The molecule has 0 aliphatic heterocycles. The van der Waals surface area contributed by atoms with Crippen molar-refractivity contribution in [3.63, 3.8) is 0 Å². The largest absolute Gasteiger partial charge is 0.370 e. The number of amides is 1. The average molecular weight is 290 g/mol. The van der Waals surface area contributed by atoms with Crippen LogP contribution in [0.3, 0.4) is 0 Å². The molecule has 2 rings (SSSR count). The second-order valence-corrected chi connectivity index (χ2v) is 4.71. The van der Waals surface area contributed by atoms with Gasteiger partial charge in [0.1, 0.15) is 5.82 Å². The second-order valence-electron chi connectivity index (χ2n) is 4.28. The molecule has 5 heteroatoms. The van der Waals surface area contributed by atoms with Gasteiger partial charge in [-0.3, -0.25) is 4.79 Å². The van der Waals surface area contributed by atoms with Crippen LogP contribution in [-0.4, -0.2) is 17.4 Å². The first-order valence-electron chi connectivity index (χ1n) is 6.41. The molecule has 4 nitrogen and oxygen atoms in total. The molecule has 2 aromatic rings. The first-order valence-corrected chi connectivity index (χ1v) is 6.79. The van der Waals surface area contributed by atoms with Crippen LogP contribution < -0.4 is 10.6 Å². The number of carbonyl (C=O) groups excluding carboxylic acids is 1. The third-order valence-corrected chi connectivity index (χ3v) is 2.96. The molecule has 2 N–H and O–H groups in total. The van der Waals surface area contributed by atoms with Crippen molar-refractivity contribution in [3.05, 3.63) is 58.7 Å². The summed E-state index contributed by atoms with van der Waals surface area (Å²) in [7, 11) is 0. The molecule has 0 aliphatic carbocycles. The van der Waals surface area contributed by atoms with Gasteiger partial charge in [0.25, 0.3) is 5.91 Å². The number of hydrogen-bond acceptors (Lipinski definition) is 3. The lowest BCUT2D eigenvalue weighted by molar-refractivity contribution is 0.0950. The highest BCUT2D eigenvalue weighted by Gasteiger charge is 2.06. The zero-order chi connectivity index (χ0) is 14.4. The molecule has 0 saturated carbocycles. The second kappa shape index (κ2) is 6.91. The lowest BCUT2D eigenvalue weighted by Crippen LogP contribution is -2.22. The van der Waals surface area contributed by atoms with Gasteiger partial charge in [0.15, 0.2) is 0 Å². The van der Waals surface area contributed by atoms with Crippen LogP contribution in [0.5, 0.6) is 0 Å². The molecule has 0 bridgehead atoms. The van der Waals surface area contributed by atoms with E-state index in [9.17, 15) is 4.79 Å². The maximum absolute atomic E-state index is 12.0. The van der Waals surface area contributed by atoms with Crippen LogP contribution in [-0.2, 0) is 6.54 Å². The quantitative estimate of drug-likeness (QED) is 0.889. The SMILES string of the molecule is CCNc1ccc(C(=O)NCc2cccc(Cl)c2)cn1. The lowest BCUT2D eigenvalue weighted by Gasteiger charge is -2.07. The number of halogens is 1.